The molecule has 0 aliphatic heterocycles. The molecule has 0 atom stereocenters. The summed E-state index contributed by atoms with van der Waals surface area (Å²) in [7, 11) is 0. The molecular formula is C7H12NO2-. The summed E-state index contributed by atoms with van der Waals surface area (Å²) in [5.41, 5.74) is 0. The Morgan fingerprint density at radius 1 is 1.60 bits per heavy atom. The summed E-state index contributed by atoms with van der Waals surface area (Å²) in [5, 5.41) is 12.9. The third kappa shape index (κ3) is 5.15. The van der Waals surface area contributed by atoms with Crippen LogP contribution in [0.5, 0.6) is 0 Å². The highest BCUT2D eigenvalue weighted by Crippen LogP contribution is 1.81. The van der Waals surface area contributed by atoms with Gasteiger partial charge in [0.15, 0.2) is 0 Å². The molecule has 58 valence electrons. The Morgan fingerprint density at radius 2 is 2.10 bits per heavy atom. The summed E-state index contributed by atoms with van der Waals surface area (Å²) in [6.45, 7) is 5.03. The lowest BCUT2D eigenvalue weighted by atomic mass is 10.3. The smallest absolute Gasteiger partial charge is 0.243 e. The fraction of sp³-hybridized carbons (Fsp3) is 0.571. The number of nitrogens with one attached hydrogen (secondary N) is 1. The highest BCUT2D eigenvalue weighted by molar-refractivity contribution is 5.87. The van der Waals surface area contributed by atoms with Gasteiger partial charge in [-0.2, -0.15) is 0 Å². The summed E-state index contributed by atoms with van der Waals surface area (Å²) >= 11 is 0. The lowest BCUT2D eigenvalue weighted by molar-refractivity contribution is -0.301. The zero-order valence-electron chi connectivity index (χ0n) is 6.47. The van der Waals surface area contributed by atoms with Crippen LogP contribution in [-0.4, -0.2) is 11.9 Å². The van der Waals surface area contributed by atoms with E-state index < -0.39 is 0 Å². The van der Waals surface area contributed by atoms with Crippen LogP contribution in [-0.2, 0) is 4.79 Å². The molecule has 0 spiro atoms. The topological polar surface area (TPSA) is 52.2 Å². The van der Waals surface area contributed by atoms with E-state index in [-0.39, 0.29) is 17.7 Å². The molecule has 0 aliphatic rings. The van der Waals surface area contributed by atoms with Gasteiger partial charge in [0.2, 0.25) is 5.91 Å². The molecular weight excluding hydrogens is 130 g/mol. The highest BCUT2D eigenvalue weighted by Gasteiger charge is 1.95. The SMILES string of the molecule is C/C([O-])=C/C(=O)NC(C)C. The first kappa shape index (κ1) is 9.01. The van der Waals surface area contributed by atoms with E-state index in [4.69, 9.17) is 0 Å². The first-order valence-corrected chi connectivity index (χ1v) is 3.18. The summed E-state index contributed by atoms with van der Waals surface area (Å²) in [6.07, 6.45) is 1.04. The van der Waals surface area contributed by atoms with Gasteiger partial charge in [-0.25, -0.2) is 0 Å². The second kappa shape index (κ2) is 3.93. The number of amides is 1. The van der Waals surface area contributed by atoms with Crippen LogP contribution >= 0.6 is 0 Å². The molecule has 1 N–H and O–H groups in total. The largest absolute Gasteiger partial charge is 0.875 e. The third-order valence-corrected chi connectivity index (χ3v) is 0.765. The van der Waals surface area contributed by atoms with Crippen LogP contribution in [0.25, 0.3) is 0 Å². The van der Waals surface area contributed by atoms with Gasteiger partial charge in [0.25, 0.3) is 0 Å². The van der Waals surface area contributed by atoms with Gasteiger partial charge in [-0.1, -0.05) is 6.92 Å². The van der Waals surface area contributed by atoms with Gasteiger partial charge in [0, 0.05) is 6.04 Å². The first-order valence-electron chi connectivity index (χ1n) is 3.18. The molecule has 0 saturated heterocycles. The third-order valence-electron chi connectivity index (χ3n) is 0.765. The van der Waals surface area contributed by atoms with Gasteiger partial charge in [0.05, 0.1) is 0 Å². The average Bonchev–Trinajstić information content (AvgIpc) is 1.58. The molecule has 0 aromatic rings. The van der Waals surface area contributed by atoms with Crippen molar-refractivity contribution < 1.29 is 9.90 Å². The highest BCUT2D eigenvalue weighted by atomic mass is 16.3. The van der Waals surface area contributed by atoms with Gasteiger partial charge in [-0.3, -0.25) is 4.79 Å². The predicted molar refractivity (Wildman–Crippen MR) is 37.0 cm³/mol. The summed E-state index contributed by atoms with van der Waals surface area (Å²) in [6, 6.07) is 0.0862. The van der Waals surface area contributed by atoms with Gasteiger partial charge >= 0.3 is 0 Å². The monoisotopic (exact) mass is 142 g/mol. The molecule has 0 fully saturated rings. The van der Waals surface area contributed by atoms with Gasteiger partial charge < -0.3 is 10.4 Å². The quantitative estimate of drug-likeness (QED) is 0.428. The Morgan fingerprint density at radius 3 is 2.40 bits per heavy atom. The van der Waals surface area contributed by atoms with Gasteiger partial charge in [-0.15, -0.1) is 5.76 Å². The predicted octanol–water partition coefficient (Wildman–Crippen LogP) is -0.225. The first-order chi connectivity index (χ1) is 4.52. The Hall–Kier alpha value is -0.990. The molecule has 10 heavy (non-hydrogen) atoms. The fourth-order valence-corrected chi connectivity index (χ4v) is 0.511. The molecule has 0 aromatic heterocycles. The zero-order chi connectivity index (χ0) is 8.15. The summed E-state index contributed by atoms with van der Waals surface area (Å²) < 4.78 is 0. The van der Waals surface area contributed by atoms with Crippen molar-refractivity contribution in [1.82, 2.24) is 5.32 Å². The standard InChI is InChI=1S/C7H13NO2/c1-5(2)8-7(10)4-6(3)9/h4-5,9H,1-3H3,(H,8,10)/p-1/b6-4-. The van der Waals surface area contributed by atoms with E-state index in [1.54, 1.807) is 0 Å². The lowest BCUT2D eigenvalue weighted by Crippen LogP contribution is -2.29. The van der Waals surface area contributed by atoms with Crippen LogP contribution in [0.4, 0.5) is 0 Å². The maximum absolute atomic E-state index is 10.7. The minimum absolute atomic E-state index is 0.0862. The second-order valence-electron chi connectivity index (χ2n) is 2.42. The second-order valence-corrected chi connectivity index (χ2v) is 2.42. The van der Waals surface area contributed by atoms with Crippen molar-refractivity contribution in [2.24, 2.45) is 0 Å². The number of carbonyl (C=O) groups is 1. The molecule has 0 aromatic carbocycles. The molecule has 0 saturated carbocycles. The average molecular weight is 142 g/mol. The van der Waals surface area contributed by atoms with E-state index in [0.29, 0.717) is 0 Å². The molecule has 0 rings (SSSR count). The van der Waals surface area contributed by atoms with Crippen molar-refractivity contribution in [3.8, 4) is 0 Å². The Bertz CT molecular complexity index is 146. The normalized spacial score (nSPS) is 11.8. The molecule has 0 heterocycles. The molecule has 0 radical (unpaired) electrons. The van der Waals surface area contributed by atoms with Crippen molar-refractivity contribution in [3.63, 3.8) is 0 Å². The minimum atomic E-state index is -0.317. The number of hydrogen-bond donors (Lipinski definition) is 1. The van der Waals surface area contributed by atoms with E-state index >= 15 is 0 Å². The van der Waals surface area contributed by atoms with Crippen LogP contribution < -0.4 is 10.4 Å². The van der Waals surface area contributed by atoms with Crippen molar-refractivity contribution in [3.05, 3.63) is 11.8 Å². The molecule has 3 heteroatoms. The van der Waals surface area contributed by atoms with E-state index in [2.05, 4.69) is 5.32 Å². The van der Waals surface area contributed by atoms with Crippen molar-refractivity contribution in [2.45, 2.75) is 26.8 Å². The van der Waals surface area contributed by atoms with Crippen molar-refractivity contribution >= 4 is 5.91 Å². The van der Waals surface area contributed by atoms with E-state index in [1.807, 2.05) is 13.8 Å². The molecule has 1 amide bonds. The number of allylic oxidation sites excluding steroid dienone is 1. The Labute approximate surface area is 60.7 Å². The van der Waals surface area contributed by atoms with Gasteiger partial charge in [0.1, 0.15) is 0 Å². The molecule has 0 unspecified atom stereocenters. The lowest BCUT2D eigenvalue weighted by Gasteiger charge is -2.07. The van der Waals surface area contributed by atoms with Crippen LogP contribution in [0.15, 0.2) is 11.8 Å². The Balaban J connectivity index is 3.76. The zero-order valence-corrected chi connectivity index (χ0v) is 6.47. The van der Waals surface area contributed by atoms with Crippen LogP contribution in [0.1, 0.15) is 20.8 Å². The van der Waals surface area contributed by atoms with Crippen LogP contribution in [0.2, 0.25) is 0 Å². The van der Waals surface area contributed by atoms with Crippen LogP contribution in [0.3, 0.4) is 0 Å². The number of rotatable bonds is 2. The van der Waals surface area contributed by atoms with Crippen molar-refractivity contribution in [2.75, 3.05) is 0 Å². The van der Waals surface area contributed by atoms with E-state index in [0.717, 1.165) is 6.08 Å². The summed E-state index contributed by atoms with van der Waals surface area (Å²) in [5.74, 6) is -0.541. The maximum atomic E-state index is 10.7. The molecule has 0 bridgehead atoms. The van der Waals surface area contributed by atoms with E-state index in [9.17, 15) is 9.90 Å². The fourth-order valence-electron chi connectivity index (χ4n) is 0.511. The van der Waals surface area contributed by atoms with Crippen molar-refractivity contribution in [1.29, 1.82) is 0 Å². The molecule has 0 aliphatic carbocycles. The number of carbonyl (C=O) groups excluding carboxylic acids is 1. The minimum Gasteiger partial charge on any atom is -0.875 e. The van der Waals surface area contributed by atoms with E-state index in [1.165, 1.54) is 6.92 Å². The van der Waals surface area contributed by atoms with Gasteiger partial charge in [-0.05, 0) is 19.9 Å². The number of hydrogen-bond acceptors (Lipinski definition) is 2. The Kier molecular flexibility index (Phi) is 3.54. The van der Waals surface area contributed by atoms with Crippen LogP contribution in [0, 0.1) is 0 Å². The maximum Gasteiger partial charge on any atom is 0.243 e. The molecule has 3 nitrogen and oxygen atoms in total. The summed E-state index contributed by atoms with van der Waals surface area (Å²) in [4.78, 5) is 10.7.